The van der Waals surface area contributed by atoms with Crippen LogP contribution in [-0.4, -0.2) is 32.5 Å². The van der Waals surface area contributed by atoms with E-state index in [9.17, 15) is 13.6 Å². The number of rotatable bonds is 5. The van der Waals surface area contributed by atoms with Crippen LogP contribution in [-0.2, 0) is 6.42 Å². The zero-order valence-corrected chi connectivity index (χ0v) is 19.1. The first-order chi connectivity index (χ1) is 16.3. The Hall–Kier alpha value is -3.55. The number of alkyl halides is 1. The summed E-state index contributed by atoms with van der Waals surface area (Å²) in [5.41, 5.74) is 1.44. The topological polar surface area (TPSA) is 72.8 Å². The highest BCUT2D eigenvalue weighted by Gasteiger charge is 2.32. The first-order valence-electron chi connectivity index (χ1n) is 11.4. The molecule has 1 saturated carbocycles. The van der Waals surface area contributed by atoms with Gasteiger partial charge in [0.25, 0.3) is 5.56 Å². The summed E-state index contributed by atoms with van der Waals surface area (Å²) in [6, 6.07) is 12.0. The van der Waals surface area contributed by atoms with Crippen molar-refractivity contribution >= 4 is 11.0 Å². The lowest BCUT2D eigenvalue weighted by Gasteiger charge is -2.31. The monoisotopic (exact) mass is 464 g/mol. The number of nitrogens with one attached hydrogen (secondary N) is 1. The van der Waals surface area contributed by atoms with Crippen molar-refractivity contribution in [1.82, 2.24) is 19.7 Å². The number of H-pyrrole nitrogens is 1. The van der Waals surface area contributed by atoms with Gasteiger partial charge in [0, 0.05) is 6.42 Å². The third kappa shape index (κ3) is 4.32. The minimum atomic E-state index is -1.16. The predicted octanol–water partition coefficient (Wildman–Crippen LogP) is 5.37. The van der Waals surface area contributed by atoms with Crippen LogP contribution in [0, 0.1) is 5.82 Å². The molecule has 0 unspecified atom stereocenters. The fraction of sp³-hybridized carbons (Fsp3) is 0.346. The molecular formula is C26H26F2N4O2. The fourth-order valence-corrected chi connectivity index (χ4v) is 4.70. The lowest BCUT2D eigenvalue weighted by atomic mass is 9.85. The Morgan fingerprint density at radius 3 is 2.62 bits per heavy atom. The van der Waals surface area contributed by atoms with Gasteiger partial charge in [-0.05, 0) is 73.6 Å². The van der Waals surface area contributed by atoms with Gasteiger partial charge in [-0.25, -0.2) is 18.4 Å². The normalized spacial score (nSPS) is 20.5. The summed E-state index contributed by atoms with van der Waals surface area (Å²) in [5, 5.41) is 4.83. The van der Waals surface area contributed by atoms with E-state index in [1.54, 1.807) is 24.8 Å². The maximum atomic E-state index is 14.3. The van der Waals surface area contributed by atoms with Gasteiger partial charge in [0.05, 0.1) is 19.3 Å². The molecule has 0 saturated heterocycles. The molecule has 1 aliphatic carbocycles. The number of ether oxygens (including phenoxy) is 1. The molecule has 8 heteroatoms. The summed E-state index contributed by atoms with van der Waals surface area (Å²) in [5.74, 6) is 0.829. The predicted molar refractivity (Wildman–Crippen MR) is 126 cm³/mol. The average Bonchev–Trinajstić information content (AvgIpc) is 3.25. The van der Waals surface area contributed by atoms with Gasteiger partial charge in [-0.2, -0.15) is 5.10 Å². The molecule has 0 bridgehead atoms. The third-order valence-corrected chi connectivity index (χ3v) is 6.69. The summed E-state index contributed by atoms with van der Waals surface area (Å²) in [4.78, 5) is 20.4. The summed E-state index contributed by atoms with van der Waals surface area (Å²) < 4.78 is 35.4. The quantitative estimate of drug-likeness (QED) is 0.431. The van der Waals surface area contributed by atoms with Crippen molar-refractivity contribution < 1.29 is 13.5 Å². The Morgan fingerprint density at radius 1 is 1.18 bits per heavy atom. The number of hydrogen-bond donors (Lipinski definition) is 1. The zero-order valence-electron chi connectivity index (χ0n) is 19.1. The van der Waals surface area contributed by atoms with Crippen molar-refractivity contribution in [3.05, 3.63) is 76.2 Å². The van der Waals surface area contributed by atoms with E-state index >= 15 is 0 Å². The summed E-state index contributed by atoms with van der Waals surface area (Å²) in [7, 11) is 1.59. The standard InChI is InChI=1S/C26H26F2N4O2/c1-26(28)11-9-19(10-12-26)32-24-22(15-29-32)25(33)31-23(30-24)13-17-3-6-18(27)14-21(17)16-4-7-20(34-2)8-5-16/h3-8,14-15,19H,9-13H2,1-2H3,(H,30,31,33). The van der Waals surface area contributed by atoms with Gasteiger partial charge in [0.15, 0.2) is 5.65 Å². The number of aromatic amines is 1. The van der Waals surface area contributed by atoms with E-state index in [0.717, 1.165) is 11.1 Å². The average molecular weight is 465 g/mol. The number of aromatic nitrogens is 4. The highest BCUT2D eigenvalue weighted by atomic mass is 19.1. The Bertz CT molecular complexity index is 1380. The van der Waals surface area contributed by atoms with E-state index in [0.29, 0.717) is 60.3 Å². The van der Waals surface area contributed by atoms with E-state index in [4.69, 9.17) is 9.72 Å². The Kier molecular flexibility index (Phi) is 5.67. The highest BCUT2D eigenvalue weighted by molar-refractivity contribution is 5.73. The molecule has 34 heavy (non-hydrogen) atoms. The molecule has 0 spiro atoms. The minimum Gasteiger partial charge on any atom is -0.497 e. The van der Waals surface area contributed by atoms with Crippen LogP contribution in [0.2, 0.25) is 0 Å². The number of nitrogens with zero attached hydrogens (tertiary/aromatic N) is 3. The first kappa shape index (κ1) is 22.3. The molecule has 1 aliphatic rings. The maximum absolute atomic E-state index is 14.3. The maximum Gasteiger partial charge on any atom is 0.262 e. The van der Waals surface area contributed by atoms with Crippen molar-refractivity contribution in [1.29, 1.82) is 0 Å². The van der Waals surface area contributed by atoms with Crippen LogP contribution < -0.4 is 10.3 Å². The van der Waals surface area contributed by atoms with E-state index < -0.39 is 5.67 Å². The van der Waals surface area contributed by atoms with Crippen LogP contribution in [0.3, 0.4) is 0 Å². The number of hydrogen-bond acceptors (Lipinski definition) is 4. The minimum absolute atomic E-state index is 0.00385. The van der Waals surface area contributed by atoms with Crippen molar-refractivity contribution in [3.8, 4) is 16.9 Å². The third-order valence-electron chi connectivity index (χ3n) is 6.69. The first-order valence-corrected chi connectivity index (χ1v) is 11.4. The van der Waals surface area contributed by atoms with Gasteiger partial charge in [0.1, 0.15) is 28.4 Å². The Morgan fingerprint density at radius 2 is 1.91 bits per heavy atom. The summed E-state index contributed by atoms with van der Waals surface area (Å²) in [6.45, 7) is 1.63. The Labute approximate surface area is 195 Å². The lowest BCUT2D eigenvalue weighted by Crippen LogP contribution is -2.28. The number of methoxy groups -OCH3 is 1. The molecule has 2 aromatic carbocycles. The van der Waals surface area contributed by atoms with Crippen LogP contribution in [0.4, 0.5) is 8.78 Å². The van der Waals surface area contributed by atoms with E-state index in [1.807, 2.05) is 24.3 Å². The summed E-state index contributed by atoms with van der Waals surface area (Å²) in [6.07, 6.45) is 4.03. The molecular weight excluding hydrogens is 438 g/mol. The summed E-state index contributed by atoms with van der Waals surface area (Å²) >= 11 is 0. The van der Waals surface area contributed by atoms with E-state index in [2.05, 4.69) is 10.1 Å². The molecule has 176 valence electrons. The van der Waals surface area contributed by atoms with Gasteiger partial charge in [-0.1, -0.05) is 18.2 Å². The number of benzene rings is 2. The van der Waals surface area contributed by atoms with E-state index in [1.165, 1.54) is 18.3 Å². The molecule has 1 fully saturated rings. The number of halogens is 2. The molecule has 6 nitrogen and oxygen atoms in total. The van der Waals surface area contributed by atoms with Gasteiger partial charge in [0.2, 0.25) is 0 Å². The van der Waals surface area contributed by atoms with Crippen molar-refractivity contribution in [3.63, 3.8) is 0 Å². The van der Waals surface area contributed by atoms with Crippen molar-refractivity contribution in [2.75, 3.05) is 7.11 Å². The lowest BCUT2D eigenvalue weighted by molar-refractivity contribution is 0.103. The second-order valence-electron chi connectivity index (χ2n) is 9.19. The van der Waals surface area contributed by atoms with Crippen LogP contribution in [0.25, 0.3) is 22.2 Å². The van der Waals surface area contributed by atoms with Crippen LogP contribution >= 0.6 is 0 Å². The van der Waals surface area contributed by atoms with Gasteiger partial charge in [-0.3, -0.25) is 4.79 Å². The smallest absolute Gasteiger partial charge is 0.262 e. The van der Waals surface area contributed by atoms with Gasteiger partial charge >= 0.3 is 0 Å². The van der Waals surface area contributed by atoms with Gasteiger partial charge in [-0.15, -0.1) is 0 Å². The fourth-order valence-electron chi connectivity index (χ4n) is 4.70. The molecule has 0 amide bonds. The largest absolute Gasteiger partial charge is 0.497 e. The molecule has 4 aromatic rings. The zero-order chi connectivity index (χ0) is 23.9. The molecule has 0 aliphatic heterocycles. The second kappa shape index (κ2) is 8.66. The molecule has 1 N–H and O–H groups in total. The highest BCUT2D eigenvalue weighted by Crippen LogP contribution is 2.37. The molecule has 0 radical (unpaired) electrons. The van der Waals surface area contributed by atoms with E-state index in [-0.39, 0.29) is 17.4 Å². The van der Waals surface area contributed by atoms with Crippen LogP contribution in [0.5, 0.6) is 5.75 Å². The van der Waals surface area contributed by atoms with Crippen LogP contribution in [0.15, 0.2) is 53.5 Å². The molecule has 2 aromatic heterocycles. The van der Waals surface area contributed by atoms with Crippen molar-refractivity contribution in [2.24, 2.45) is 0 Å². The molecule has 0 atom stereocenters. The Balaban J connectivity index is 1.50. The van der Waals surface area contributed by atoms with Crippen molar-refractivity contribution in [2.45, 2.75) is 50.7 Å². The van der Waals surface area contributed by atoms with Crippen LogP contribution in [0.1, 0.15) is 50.0 Å². The number of fused-ring (bicyclic) bond motifs is 1. The van der Waals surface area contributed by atoms with Gasteiger partial charge < -0.3 is 9.72 Å². The molecule has 2 heterocycles. The SMILES string of the molecule is COc1ccc(-c2cc(F)ccc2Cc2nc3c(cnn3C3CCC(C)(F)CC3)c(=O)[nH]2)cc1. The molecule has 5 rings (SSSR count). The second-order valence-corrected chi connectivity index (χ2v) is 9.19.